The maximum atomic E-state index is 13.0. The first kappa shape index (κ1) is 18.2. The molecule has 6 nitrogen and oxygen atoms in total. The molecule has 132 valence electrons. The van der Waals surface area contributed by atoms with Crippen LogP contribution in [0.25, 0.3) is 0 Å². The minimum absolute atomic E-state index is 0.0549. The van der Waals surface area contributed by atoms with E-state index in [-0.39, 0.29) is 17.6 Å². The van der Waals surface area contributed by atoms with Gasteiger partial charge in [-0.15, -0.1) is 0 Å². The zero-order chi connectivity index (χ0) is 18.0. The Kier molecular flexibility index (Phi) is 5.47. The van der Waals surface area contributed by atoms with Crippen LogP contribution in [0.1, 0.15) is 65.2 Å². The van der Waals surface area contributed by atoms with Gasteiger partial charge in [-0.1, -0.05) is 6.42 Å². The molecule has 1 unspecified atom stereocenters. The van der Waals surface area contributed by atoms with E-state index in [0.717, 1.165) is 19.3 Å². The van der Waals surface area contributed by atoms with Crippen LogP contribution in [0.4, 0.5) is 0 Å². The molecule has 0 saturated heterocycles. The average Bonchev–Trinajstić information content (AvgIpc) is 2.79. The lowest BCUT2D eigenvalue weighted by atomic mass is 9.84. The zero-order valence-electron chi connectivity index (χ0n) is 15.1. The van der Waals surface area contributed by atoms with Crippen molar-refractivity contribution in [1.29, 1.82) is 0 Å². The lowest BCUT2D eigenvalue weighted by molar-refractivity contribution is -0.139. The molecule has 24 heavy (non-hydrogen) atoms. The van der Waals surface area contributed by atoms with Crippen LogP contribution in [-0.4, -0.2) is 47.2 Å². The molecule has 2 rings (SSSR count). The van der Waals surface area contributed by atoms with Gasteiger partial charge in [0.1, 0.15) is 5.69 Å². The van der Waals surface area contributed by atoms with Gasteiger partial charge in [0.25, 0.3) is 0 Å². The van der Waals surface area contributed by atoms with Gasteiger partial charge in [-0.3, -0.25) is 9.59 Å². The maximum absolute atomic E-state index is 13.0. The predicted octanol–water partition coefficient (Wildman–Crippen LogP) is 2.64. The van der Waals surface area contributed by atoms with Gasteiger partial charge in [-0.2, -0.15) is 0 Å². The Balaban J connectivity index is 2.28. The largest absolute Gasteiger partial charge is 0.464 e. The van der Waals surface area contributed by atoms with E-state index < -0.39 is 12.0 Å². The molecule has 1 aromatic rings. The van der Waals surface area contributed by atoms with Gasteiger partial charge < -0.3 is 14.6 Å². The quantitative estimate of drug-likeness (QED) is 0.641. The molecule has 1 saturated carbocycles. The van der Waals surface area contributed by atoms with Crippen molar-refractivity contribution in [3.63, 3.8) is 0 Å². The first-order valence-electron chi connectivity index (χ1n) is 8.45. The van der Waals surface area contributed by atoms with Crippen LogP contribution in [0.2, 0.25) is 0 Å². The fourth-order valence-corrected chi connectivity index (χ4v) is 3.29. The monoisotopic (exact) mass is 334 g/mol. The smallest absolute Gasteiger partial charge is 0.354 e. The van der Waals surface area contributed by atoms with Crippen LogP contribution in [-0.2, 0) is 9.53 Å². The third kappa shape index (κ3) is 3.09. The van der Waals surface area contributed by atoms with Crippen LogP contribution in [0.3, 0.4) is 0 Å². The number of hydrogen-bond acceptors (Lipinski definition) is 4. The number of Topliss-reactive ketones (excluding diaryl/α,β-unsaturated/α-hetero) is 1. The topological polar surface area (TPSA) is 79.5 Å². The number of likely N-dealkylation sites (N-methyl/N-ethyl adjacent to an activating group) is 1. The lowest BCUT2D eigenvalue weighted by Gasteiger charge is -2.34. The number of ketones is 1. The SMILES string of the molecule is CCN(C(=O)C1CCC1)C(C)C(=O)c1c(C)[nH]c(C(=O)OC)c1C. The van der Waals surface area contributed by atoms with Crippen molar-refractivity contribution in [2.75, 3.05) is 13.7 Å². The number of carbonyl (C=O) groups excluding carboxylic acids is 3. The minimum Gasteiger partial charge on any atom is -0.464 e. The second-order valence-corrected chi connectivity index (χ2v) is 6.41. The summed E-state index contributed by atoms with van der Waals surface area (Å²) in [7, 11) is 1.30. The first-order valence-corrected chi connectivity index (χ1v) is 8.45. The van der Waals surface area contributed by atoms with Crippen molar-refractivity contribution in [1.82, 2.24) is 9.88 Å². The van der Waals surface area contributed by atoms with Crippen LogP contribution in [0.15, 0.2) is 0 Å². The van der Waals surface area contributed by atoms with Crippen molar-refractivity contribution in [3.8, 4) is 0 Å². The van der Waals surface area contributed by atoms with Crippen molar-refractivity contribution in [2.24, 2.45) is 5.92 Å². The van der Waals surface area contributed by atoms with E-state index in [1.165, 1.54) is 7.11 Å². The van der Waals surface area contributed by atoms with Crippen molar-refractivity contribution < 1.29 is 19.1 Å². The van der Waals surface area contributed by atoms with E-state index in [1.54, 1.807) is 25.7 Å². The molecule has 0 bridgehead atoms. The lowest BCUT2D eigenvalue weighted by Crippen LogP contribution is -2.47. The van der Waals surface area contributed by atoms with Gasteiger partial charge in [0.05, 0.1) is 13.2 Å². The summed E-state index contributed by atoms with van der Waals surface area (Å²) < 4.78 is 4.74. The number of esters is 1. The maximum Gasteiger partial charge on any atom is 0.354 e. The van der Waals surface area contributed by atoms with Gasteiger partial charge in [0.15, 0.2) is 5.78 Å². The van der Waals surface area contributed by atoms with E-state index in [9.17, 15) is 14.4 Å². The number of rotatable bonds is 6. The summed E-state index contributed by atoms with van der Waals surface area (Å²) in [4.78, 5) is 41.9. The number of carbonyl (C=O) groups is 3. The van der Waals surface area contributed by atoms with Crippen molar-refractivity contribution >= 4 is 17.7 Å². The minimum atomic E-state index is -0.554. The molecule has 1 N–H and O–H groups in total. The van der Waals surface area contributed by atoms with Crippen molar-refractivity contribution in [2.45, 2.75) is 53.0 Å². The molecule has 0 spiro atoms. The molecule has 0 radical (unpaired) electrons. The molecule has 1 aliphatic rings. The first-order chi connectivity index (χ1) is 11.3. The summed E-state index contributed by atoms with van der Waals surface area (Å²) >= 11 is 0. The Hall–Kier alpha value is -2.11. The zero-order valence-corrected chi connectivity index (χ0v) is 15.1. The number of aromatic nitrogens is 1. The van der Waals surface area contributed by atoms with E-state index in [4.69, 9.17) is 4.74 Å². The summed E-state index contributed by atoms with van der Waals surface area (Å²) in [5, 5.41) is 0. The predicted molar refractivity (Wildman–Crippen MR) is 90.1 cm³/mol. The number of nitrogens with zero attached hydrogens (tertiary/aromatic N) is 1. The summed E-state index contributed by atoms with van der Waals surface area (Å²) in [5.41, 5.74) is 1.96. The molecular weight excluding hydrogens is 308 g/mol. The highest BCUT2D eigenvalue weighted by Gasteiger charge is 2.35. The fourth-order valence-electron chi connectivity index (χ4n) is 3.29. The van der Waals surface area contributed by atoms with Gasteiger partial charge in [0.2, 0.25) is 5.91 Å². The number of ether oxygens (including phenoxy) is 1. The van der Waals surface area contributed by atoms with E-state index in [2.05, 4.69) is 4.98 Å². The molecule has 6 heteroatoms. The number of aryl methyl sites for hydroxylation is 1. The van der Waals surface area contributed by atoms with E-state index in [1.807, 2.05) is 6.92 Å². The van der Waals surface area contributed by atoms with E-state index >= 15 is 0 Å². The molecule has 1 amide bonds. The summed E-state index contributed by atoms with van der Waals surface area (Å²) in [6, 6.07) is -0.554. The normalized spacial score (nSPS) is 15.5. The molecule has 1 aromatic heterocycles. The Bertz CT molecular complexity index is 658. The van der Waals surface area contributed by atoms with Crippen LogP contribution in [0, 0.1) is 19.8 Å². The third-order valence-electron chi connectivity index (χ3n) is 5.00. The molecule has 1 atom stereocenters. The second-order valence-electron chi connectivity index (χ2n) is 6.41. The summed E-state index contributed by atoms with van der Waals surface area (Å²) in [5.74, 6) is -0.533. The Labute approximate surface area is 142 Å². The standard InChI is InChI=1S/C18H26N2O4/c1-6-20(17(22)13-8-7-9-13)12(4)16(21)14-10(2)15(18(23)24-5)19-11(14)3/h12-13,19H,6-9H2,1-5H3. The number of aromatic amines is 1. The molecule has 1 heterocycles. The van der Waals surface area contributed by atoms with Crippen molar-refractivity contribution in [3.05, 3.63) is 22.5 Å². The molecule has 1 aliphatic carbocycles. The Morgan fingerprint density at radius 2 is 1.92 bits per heavy atom. The van der Waals surface area contributed by atoms with Crippen LogP contribution >= 0.6 is 0 Å². The molecule has 0 aromatic carbocycles. The van der Waals surface area contributed by atoms with E-state index in [0.29, 0.717) is 29.1 Å². The highest BCUT2D eigenvalue weighted by Crippen LogP contribution is 2.30. The highest BCUT2D eigenvalue weighted by atomic mass is 16.5. The second kappa shape index (κ2) is 7.20. The number of amides is 1. The Morgan fingerprint density at radius 3 is 2.38 bits per heavy atom. The number of nitrogens with one attached hydrogen (secondary N) is 1. The van der Waals surface area contributed by atoms with Gasteiger partial charge in [0, 0.05) is 23.7 Å². The summed E-state index contributed by atoms with van der Waals surface area (Å²) in [6.07, 6.45) is 2.89. The van der Waals surface area contributed by atoms with Crippen LogP contribution in [0.5, 0.6) is 0 Å². The van der Waals surface area contributed by atoms with Gasteiger partial charge >= 0.3 is 5.97 Å². The number of H-pyrrole nitrogens is 1. The molecular formula is C18H26N2O4. The Morgan fingerprint density at radius 1 is 1.29 bits per heavy atom. The third-order valence-corrected chi connectivity index (χ3v) is 5.00. The van der Waals surface area contributed by atoms with Crippen LogP contribution < -0.4 is 0 Å². The van der Waals surface area contributed by atoms with Gasteiger partial charge in [-0.05, 0) is 46.1 Å². The number of methoxy groups -OCH3 is 1. The average molecular weight is 334 g/mol. The highest BCUT2D eigenvalue weighted by molar-refractivity contribution is 6.06. The van der Waals surface area contributed by atoms with Gasteiger partial charge in [-0.25, -0.2) is 4.79 Å². The molecule has 0 aliphatic heterocycles. The summed E-state index contributed by atoms with van der Waals surface area (Å²) in [6.45, 7) is 7.61. The fraction of sp³-hybridized carbons (Fsp3) is 0.611. The molecule has 1 fully saturated rings. The number of hydrogen-bond donors (Lipinski definition) is 1.